The van der Waals surface area contributed by atoms with Crippen LogP contribution in [-0.2, 0) is 10.2 Å². The van der Waals surface area contributed by atoms with Crippen molar-refractivity contribution in [3.05, 3.63) is 22.4 Å². The Bertz CT molecular complexity index is 516. The first-order valence-electron chi connectivity index (χ1n) is 9.36. The van der Waals surface area contributed by atoms with E-state index in [9.17, 15) is 0 Å². The van der Waals surface area contributed by atoms with Crippen LogP contribution in [0.3, 0.4) is 0 Å². The summed E-state index contributed by atoms with van der Waals surface area (Å²) in [6, 6.07) is 4.89. The van der Waals surface area contributed by atoms with Crippen LogP contribution in [0.5, 0.6) is 0 Å². The molecule has 5 nitrogen and oxygen atoms in total. The highest BCUT2D eigenvalue weighted by Gasteiger charge is 2.24. The normalized spacial score (nSPS) is 19.4. The van der Waals surface area contributed by atoms with Gasteiger partial charge in [0.05, 0.1) is 13.2 Å². The maximum atomic E-state index is 5.23. The summed E-state index contributed by atoms with van der Waals surface area (Å²) in [5, 5.41) is 9.07. The van der Waals surface area contributed by atoms with Gasteiger partial charge in [0.1, 0.15) is 0 Å². The Labute approximate surface area is 156 Å². The van der Waals surface area contributed by atoms with Crippen LogP contribution in [0, 0.1) is 0 Å². The second-order valence-corrected chi connectivity index (χ2v) is 8.21. The molecule has 0 aromatic carbocycles. The van der Waals surface area contributed by atoms with Gasteiger partial charge in [-0.05, 0) is 37.8 Å². The fraction of sp³-hybridized carbons (Fsp3) is 0.737. The summed E-state index contributed by atoms with van der Waals surface area (Å²) in [4.78, 5) is 8.75. The molecule has 6 heteroatoms. The van der Waals surface area contributed by atoms with Crippen molar-refractivity contribution in [1.29, 1.82) is 0 Å². The Balaban J connectivity index is 1.89. The zero-order chi connectivity index (χ0) is 18.1. The second kappa shape index (κ2) is 10.1. The van der Waals surface area contributed by atoms with E-state index in [1.807, 2.05) is 11.3 Å². The average molecular weight is 367 g/mol. The molecule has 1 atom stereocenters. The molecule has 1 aliphatic heterocycles. The molecule has 1 unspecified atom stereocenters. The third-order valence-electron chi connectivity index (χ3n) is 4.75. The summed E-state index contributed by atoms with van der Waals surface area (Å²) in [6.07, 6.45) is 2.52. The summed E-state index contributed by atoms with van der Waals surface area (Å²) in [7, 11) is 1.77. The van der Waals surface area contributed by atoms with Crippen LogP contribution >= 0.6 is 11.3 Å². The van der Waals surface area contributed by atoms with E-state index >= 15 is 0 Å². The molecule has 1 saturated heterocycles. The Kier molecular flexibility index (Phi) is 8.19. The molecule has 2 heterocycles. The molecular weight excluding hydrogens is 332 g/mol. The first kappa shape index (κ1) is 20.2. The number of thiophene rings is 1. The minimum atomic E-state index is 0.0639. The standard InChI is InChI=1S/C19H34N4OS/c1-5-20-18(22-15-19(2,3)17-9-7-13-25-17)21-14-16-8-6-10-23(16)11-12-24-4/h7,9,13,16H,5-6,8,10-12,14-15H2,1-4H3,(H2,20,21,22). The van der Waals surface area contributed by atoms with Gasteiger partial charge in [-0.1, -0.05) is 19.9 Å². The van der Waals surface area contributed by atoms with E-state index in [1.165, 1.54) is 24.3 Å². The molecule has 142 valence electrons. The summed E-state index contributed by atoms with van der Waals surface area (Å²) >= 11 is 1.81. The molecule has 0 bridgehead atoms. The molecule has 0 radical (unpaired) electrons. The van der Waals surface area contributed by atoms with Gasteiger partial charge in [-0.15, -0.1) is 11.3 Å². The number of guanidine groups is 1. The van der Waals surface area contributed by atoms with E-state index < -0.39 is 0 Å². The summed E-state index contributed by atoms with van der Waals surface area (Å²) in [5.74, 6) is 0.922. The van der Waals surface area contributed by atoms with Crippen molar-refractivity contribution < 1.29 is 4.74 Å². The molecular formula is C19H34N4OS. The smallest absolute Gasteiger partial charge is 0.191 e. The zero-order valence-electron chi connectivity index (χ0n) is 16.2. The number of nitrogens with zero attached hydrogens (tertiary/aromatic N) is 2. The van der Waals surface area contributed by atoms with Crippen molar-refractivity contribution in [2.45, 2.75) is 45.1 Å². The Morgan fingerprint density at radius 1 is 1.44 bits per heavy atom. The predicted octanol–water partition coefficient (Wildman–Crippen LogP) is 2.69. The van der Waals surface area contributed by atoms with Crippen LogP contribution in [0.1, 0.15) is 38.5 Å². The molecule has 0 amide bonds. The monoisotopic (exact) mass is 366 g/mol. The third kappa shape index (κ3) is 6.28. The lowest BCUT2D eigenvalue weighted by Crippen LogP contribution is -2.46. The van der Waals surface area contributed by atoms with Crippen molar-refractivity contribution in [2.24, 2.45) is 4.99 Å². The Morgan fingerprint density at radius 2 is 2.28 bits per heavy atom. The predicted molar refractivity (Wildman–Crippen MR) is 108 cm³/mol. The van der Waals surface area contributed by atoms with E-state index in [4.69, 9.17) is 9.73 Å². The SMILES string of the molecule is CCNC(=NCC(C)(C)c1cccs1)NCC1CCCN1CCOC. The molecule has 0 spiro atoms. The van der Waals surface area contributed by atoms with Crippen LogP contribution in [0.4, 0.5) is 0 Å². The zero-order valence-corrected chi connectivity index (χ0v) is 17.0. The van der Waals surface area contributed by atoms with Gasteiger partial charge in [0.25, 0.3) is 0 Å². The van der Waals surface area contributed by atoms with Crippen molar-refractivity contribution in [3.63, 3.8) is 0 Å². The van der Waals surface area contributed by atoms with Gasteiger partial charge in [-0.2, -0.15) is 0 Å². The van der Waals surface area contributed by atoms with Gasteiger partial charge >= 0.3 is 0 Å². The van der Waals surface area contributed by atoms with E-state index in [-0.39, 0.29) is 5.41 Å². The van der Waals surface area contributed by atoms with Gasteiger partial charge < -0.3 is 15.4 Å². The summed E-state index contributed by atoms with van der Waals surface area (Å²) in [6.45, 7) is 12.2. The average Bonchev–Trinajstić information content (AvgIpc) is 3.27. The van der Waals surface area contributed by atoms with Gasteiger partial charge in [-0.25, -0.2) is 0 Å². The van der Waals surface area contributed by atoms with Crippen molar-refractivity contribution in [2.75, 3.05) is 46.4 Å². The Hall–Kier alpha value is -1.11. The molecule has 1 fully saturated rings. The number of aliphatic imine (C=N–C) groups is 1. The van der Waals surface area contributed by atoms with Crippen molar-refractivity contribution >= 4 is 17.3 Å². The van der Waals surface area contributed by atoms with Crippen LogP contribution in [0.15, 0.2) is 22.5 Å². The quantitative estimate of drug-likeness (QED) is 0.521. The van der Waals surface area contributed by atoms with E-state index in [0.717, 1.165) is 38.7 Å². The number of rotatable bonds is 9. The molecule has 25 heavy (non-hydrogen) atoms. The summed E-state index contributed by atoms with van der Waals surface area (Å²) < 4.78 is 5.23. The first-order valence-corrected chi connectivity index (χ1v) is 10.2. The molecule has 2 N–H and O–H groups in total. The van der Waals surface area contributed by atoms with Gasteiger partial charge in [-0.3, -0.25) is 9.89 Å². The molecule has 1 aromatic heterocycles. The highest BCUT2D eigenvalue weighted by molar-refractivity contribution is 7.10. The number of likely N-dealkylation sites (tertiary alicyclic amines) is 1. The lowest BCUT2D eigenvalue weighted by Gasteiger charge is -2.26. The number of nitrogens with one attached hydrogen (secondary N) is 2. The molecule has 1 aromatic rings. The van der Waals surface area contributed by atoms with Gasteiger partial charge in [0.15, 0.2) is 5.96 Å². The Morgan fingerprint density at radius 3 is 2.96 bits per heavy atom. The fourth-order valence-electron chi connectivity index (χ4n) is 3.20. The fourth-order valence-corrected chi connectivity index (χ4v) is 4.05. The molecule has 1 aliphatic rings. The van der Waals surface area contributed by atoms with Crippen LogP contribution in [-0.4, -0.2) is 63.3 Å². The number of ether oxygens (including phenoxy) is 1. The second-order valence-electron chi connectivity index (χ2n) is 7.26. The lowest BCUT2D eigenvalue weighted by molar-refractivity contribution is 0.141. The summed E-state index contributed by atoms with van der Waals surface area (Å²) in [5.41, 5.74) is 0.0639. The minimum Gasteiger partial charge on any atom is -0.383 e. The molecule has 2 rings (SSSR count). The van der Waals surface area contributed by atoms with Crippen molar-refractivity contribution in [1.82, 2.24) is 15.5 Å². The van der Waals surface area contributed by atoms with Gasteiger partial charge in [0, 0.05) is 43.1 Å². The minimum absolute atomic E-state index is 0.0639. The van der Waals surface area contributed by atoms with Gasteiger partial charge in [0.2, 0.25) is 0 Å². The highest BCUT2D eigenvalue weighted by atomic mass is 32.1. The number of hydrogen-bond donors (Lipinski definition) is 2. The van der Waals surface area contributed by atoms with E-state index in [2.05, 4.69) is 53.8 Å². The van der Waals surface area contributed by atoms with E-state index in [0.29, 0.717) is 6.04 Å². The lowest BCUT2D eigenvalue weighted by atomic mass is 9.92. The largest absolute Gasteiger partial charge is 0.383 e. The topological polar surface area (TPSA) is 48.9 Å². The number of methoxy groups -OCH3 is 1. The van der Waals surface area contributed by atoms with Crippen molar-refractivity contribution in [3.8, 4) is 0 Å². The maximum absolute atomic E-state index is 5.23. The van der Waals surface area contributed by atoms with Crippen LogP contribution < -0.4 is 10.6 Å². The molecule has 0 aliphatic carbocycles. The van der Waals surface area contributed by atoms with E-state index in [1.54, 1.807) is 7.11 Å². The van der Waals surface area contributed by atoms with Crippen LogP contribution in [0.25, 0.3) is 0 Å². The number of hydrogen-bond acceptors (Lipinski definition) is 4. The first-order chi connectivity index (χ1) is 12.1. The maximum Gasteiger partial charge on any atom is 0.191 e. The highest BCUT2D eigenvalue weighted by Crippen LogP contribution is 2.27. The van der Waals surface area contributed by atoms with Crippen LogP contribution in [0.2, 0.25) is 0 Å². The third-order valence-corrected chi connectivity index (χ3v) is 5.99. The molecule has 0 saturated carbocycles.